The summed E-state index contributed by atoms with van der Waals surface area (Å²) in [5.41, 5.74) is -0.285. The third-order valence-electron chi connectivity index (χ3n) is 4.46. The third kappa shape index (κ3) is 3.55. The molecule has 2 aliphatic rings. The van der Waals surface area contributed by atoms with Crippen molar-refractivity contribution in [2.24, 2.45) is 5.41 Å². The number of hydrogen-bond acceptors (Lipinski definition) is 5. The van der Waals surface area contributed by atoms with Crippen LogP contribution in [-0.2, 0) is 19.6 Å². The highest BCUT2D eigenvalue weighted by Gasteiger charge is 2.49. The fourth-order valence-electron chi connectivity index (χ4n) is 3.12. The minimum atomic E-state index is -3.68. The average molecular weight is 366 g/mol. The molecule has 0 unspecified atom stereocenters. The highest BCUT2D eigenvalue weighted by molar-refractivity contribution is 7.94. The van der Waals surface area contributed by atoms with Crippen molar-refractivity contribution >= 4 is 27.5 Å². The van der Waals surface area contributed by atoms with E-state index < -0.39 is 21.3 Å². The van der Waals surface area contributed by atoms with Crippen molar-refractivity contribution in [3.8, 4) is 0 Å². The van der Waals surface area contributed by atoms with Crippen molar-refractivity contribution in [3.63, 3.8) is 0 Å². The van der Waals surface area contributed by atoms with Crippen molar-refractivity contribution in [2.75, 3.05) is 23.2 Å². The van der Waals surface area contributed by atoms with Crippen LogP contribution in [0.1, 0.15) is 37.0 Å². The van der Waals surface area contributed by atoms with Crippen LogP contribution in [-0.4, -0.2) is 45.2 Å². The predicted octanol–water partition coefficient (Wildman–Crippen LogP) is 1.30. The molecule has 0 radical (unpaired) electrons. The molecule has 2 fully saturated rings. The second kappa shape index (κ2) is 6.42. The zero-order chi connectivity index (χ0) is 18.2. The normalized spacial score (nSPS) is 24.5. The molecule has 25 heavy (non-hydrogen) atoms. The molecule has 0 aromatic heterocycles. The molecule has 2 amide bonds. The fraction of sp³-hybridized carbons (Fsp3) is 0.529. The minimum absolute atomic E-state index is 0.0535. The molecular weight excluding hydrogens is 344 g/mol. The van der Waals surface area contributed by atoms with Crippen molar-refractivity contribution in [2.45, 2.75) is 32.8 Å². The Balaban J connectivity index is 1.71. The Hall–Kier alpha value is -1.93. The molecule has 0 bridgehead atoms. The van der Waals surface area contributed by atoms with E-state index in [1.807, 2.05) is 0 Å². The SMILES string of the molecule is CC1(C)CS(=O)(=O)N(c2ccc(C(=O)NC[C@@H]3CCCO3)cc2)C1=O. The second-order valence-electron chi connectivity index (χ2n) is 7.10. The van der Waals surface area contributed by atoms with Gasteiger partial charge in [0, 0.05) is 18.7 Å². The van der Waals surface area contributed by atoms with Crippen LogP contribution in [0.4, 0.5) is 5.69 Å². The molecular formula is C17H22N2O5S. The third-order valence-corrected chi connectivity index (χ3v) is 6.48. The van der Waals surface area contributed by atoms with Gasteiger partial charge in [-0.3, -0.25) is 9.59 Å². The van der Waals surface area contributed by atoms with Crippen LogP contribution in [0, 0.1) is 5.41 Å². The number of amides is 2. The molecule has 0 spiro atoms. The molecule has 136 valence electrons. The standard InChI is InChI=1S/C17H22N2O5S/c1-17(2)11-25(22,23)19(16(17)21)13-7-5-12(6-8-13)15(20)18-10-14-4-3-9-24-14/h5-8,14H,3-4,9-11H2,1-2H3,(H,18,20)/t14-/m0/s1. The van der Waals surface area contributed by atoms with Crippen LogP contribution in [0.2, 0.25) is 0 Å². The first kappa shape index (κ1) is 17.9. The van der Waals surface area contributed by atoms with Gasteiger partial charge >= 0.3 is 0 Å². The summed E-state index contributed by atoms with van der Waals surface area (Å²) in [6.07, 6.45) is 1.99. The summed E-state index contributed by atoms with van der Waals surface area (Å²) in [7, 11) is -3.68. The molecule has 0 saturated carbocycles. The first-order valence-corrected chi connectivity index (χ1v) is 9.89. The monoisotopic (exact) mass is 366 g/mol. The summed E-state index contributed by atoms with van der Waals surface area (Å²) >= 11 is 0. The summed E-state index contributed by atoms with van der Waals surface area (Å²) in [5, 5.41) is 2.81. The van der Waals surface area contributed by atoms with Gasteiger partial charge in [-0.1, -0.05) is 0 Å². The number of ether oxygens (including phenoxy) is 1. The predicted molar refractivity (Wildman–Crippen MR) is 92.8 cm³/mol. The van der Waals surface area contributed by atoms with Gasteiger partial charge in [0.2, 0.25) is 15.9 Å². The van der Waals surface area contributed by atoms with Gasteiger partial charge < -0.3 is 10.1 Å². The first-order chi connectivity index (χ1) is 11.7. The summed E-state index contributed by atoms with van der Waals surface area (Å²) in [5.74, 6) is -0.927. The Labute approximate surface area is 147 Å². The van der Waals surface area contributed by atoms with E-state index in [2.05, 4.69) is 5.32 Å². The van der Waals surface area contributed by atoms with Gasteiger partial charge in [-0.2, -0.15) is 0 Å². The van der Waals surface area contributed by atoms with E-state index >= 15 is 0 Å². The number of hydrogen-bond donors (Lipinski definition) is 1. The molecule has 0 aliphatic carbocycles. The number of sulfonamides is 1. The number of anilines is 1. The van der Waals surface area contributed by atoms with Crippen LogP contribution in [0.15, 0.2) is 24.3 Å². The van der Waals surface area contributed by atoms with E-state index in [9.17, 15) is 18.0 Å². The first-order valence-electron chi connectivity index (χ1n) is 8.28. The maximum absolute atomic E-state index is 12.4. The van der Waals surface area contributed by atoms with Gasteiger partial charge in [0.15, 0.2) is 0 Å². The van der Waals surface area contributed by atoms with Crippen LogP contribution >= 0.6 is 0 Å². The van der Waals surface area contributed by atoms with Crippen LogP contribution in [0.5, 0.6) is 0 Å². The molecule has 1 aromatic rings. The number of benzene rings is 1. The molecule has 1 aromatic carbocycles. The average Bonchev–Trinajstić information content (AvgIpc) is 3.10. The van der Waals surface area contributed by atoms with E-state index in [0.717, 1.165) is 23.8 Å². The van der Waals surface area contributed by atoms with E-state index in [-0.39, 0.29) is 23.5 Å². The van der Waals surface area contributed by atoms with Crippen molar-refractivity contribution in [1.29, 1.82) is 0 Å². The largest absolute Gasteiger partial charge is 0.376 e. The minimum Gasteiger partial charge on any atom is -0.376 e. The molecule has 3 rings (SSSR count). The van der Waals surface area contributed by atoms with Crippen molar-refractivity contribution < 1.29 is 22.7 Å². The summed E-state index contributed by atoms with van der Waals surface area (Å²) in [6.45, 7) is 4.40. The van der Waals surface area contributed by atoms with Crippen LogP contribution in [0.25, 0.3) is 0 Å². The molecule has 2 saturated heterocycles. The van der Waals surface area contributed by atoms with E-state index in [1.165, 1.54) is 24.3 Å². The van der Waals surface area contributed by atoms with Gasteiger partial charge in [-0.15, -0.1) is 0 Å². The summed E-state index contributed by atoms with van der Waals surface area (Å²) < 4.78 is 30.8. The number of carbonyl (C=O) groups excluding carboxylic acids is 2. The Morgan fingerprint density at radius 1 is 1.32 bits per heavy atom. The van der Waals surface area contributed by atoms with Gasteiger partial charge in [-0.25, -0.2) is 12.7 Å². The Morgan fingerprint density at radius 2 is 2.00 bits per heavy atom. The molecule has 2 heterocycles. The smallest absolute Gasteiger partial charge is 0.251 e. The Kier molecular flexibility index (Phi) is 4.59. The zero-order valence-electron chi connectivity index (χ0n) is 14.3. The lowest BCUT2D eigenvalue weighted by atomic mass is 9.95. The lowest BCUT2D eigenvalue weighted by Crippen LogP contribution is -2.33. The van der Waals surface area contributed by atoms with Crippen LogP contribution in [0.3, 0.4) is 0 Å². The number of carbonyl (C=O) groups is 2. The Bertz CT molecular complexity index is 780. The summed E-state index contributed by atoms with van der Waals surface area (Å²) in [4.78, 5) is 24.5. The lowest BCUT2D eigenvalue weighted by Gasteiger charge is -2.17. The van der Waals surface area contributed by atoms with Crippen molar-refractivity contribution in [1.82, 2.24) is 5.32 Å². The molecule has 8 heteroatoms. The van der Waals surface area contributed by atoms with E-state index in [1.54, 1.807) is 13.8 Å². The fourth-order valence-corrected chi connectivity index (χ4v) is 5.23. The van der Waals surface area contributed by atoms with Gasteiger partial charge in [0.05, 0.1) is 23.0 Å². The van der Waals surface area contributed by atoms with Crippen molar-refractivity contribution in [3.05, 3.63) is 29.8 Å². The quantitative estimate of drug-likeness (QED) is 0.867. The maximum atomic E-state index is 12.4. The van der Waals surface area contributed by atoms with Gasteiger partial charge in [-0.05, 0) is 51.0 Å². The van der Waals surface area contributed by atoms with Crippen LogP contribution < -0.4 is 9.62 Å². The molecule has 2 aliphatic heterocycles. The van der Waals surface area contributed by atoms with Gasteiger partial charge in [0.25, 0.3) is 5.91 Å². The van der Waals surface area contributed by atoms with E-state index in [4.69, 9.17) is 4.74 Å². The summed E-state index contributed by atoms with van der Waals surface area (Å²) in [6, 6.07) is 6.01. The highest BCUT2D eigenvalue weighted by Crippen LogP contribution is 2.35. The number of nitrogens with one attached hydrogen (secondary N) is 1. The topological polar surface area (TPSA) is 92.8 Å². The molecule has 1 N–H and O–H groups in total. The number of rotatable bonds is 4. The van der Waals surface area contributed by atoms with Gasteiger partial charge in [0.1, 0.15) is 0 Å². The molecule has 1 atom stereocenters. The maximum Gasteiger partial charge on any atom is 0.251 e. The molecule has 7 nitrogen and oxygen atoms in total. The zero-order valence-corrected chi connectivity index (χ0v) is 15.1. The number of nitrogens with zero attached hydrogens (tertiary/aromatic N) is 1. The lowest BCUT2D eigenvalue weighted by molar-refractivity contribution is -0.123. The second-order valence-corrected chi connectivity index (χ2v) is 8.92. The Morgan fingerprint density at radius 3 is 2.52 bits per heavy atom. The highest BCUT2D eigenvalue weighted by atomic mass is 32.2. The van der Waals surface area contributed by atoms with E-state index in [0.29, 0.717) is 12.1 Å².